The molecule has 0 aromatic carbocycles. The lowest BCUT2D eigenvalue weighted by molar-refractivity contribution is -0.144. The molecule has 0 radical (unpaired) electrons. The summed E-state index contributed by atoms with van der Waals surface area (Å²) in [5.41, 5.74) is 0.134. The average Bonchev–Trinajstić information content (AvgIpc) is 1.95. The van der Waals surface area contributed by atoms with Gasteiger partial charge in [-0.3, -0.25) is 4.79 Å². The van der Waals surface area contributed by atoms with Crippen LogP contribution in [0.15, 0.2) is 0 Å². The summed E-state index contributed by atoms with van der Waals surface area (Å²) in [4.78, 5) is 10.9. The highest BCUT2D eigenvalue weighted by atomic mass is 19.1. The second kappa shape index (κ2) is 5.12. The Morgan fingerprint density at radius 2 is 2.00 bits per heavy atom. The van der Waals surface area contributed by atoms with Crippen molar-refractivity contribution >= 4 is 5.97 Å². The first-order valence-corrected chi connectivity index (χ1v) is 4.17. The smallest absolute Gasteiger partial charge is 0.305 e. The molecule has 0 unspecified atom stereocenters. The van der Waals surface area contributed by atoms with Crippen molar-refractivity contribution in [2.24, 2.45) is 5.41 Å². The molecule has 0 aliphatic heterocycles. The molecule has 0 saturated heterocycles. The molecule has 0 saturated carbocycles. The summed E-state index contributed by atoms with van der Waals surface area (Å²) in [5, 5.41) is 0. The Labute approximate surface area is 73.1 Å². The molecule has 0 aliphatic rings. The fourth-order valence-electron chi connectivity index (χ4n) is 0.702. The van der Waals surface area contributed by atoms with E-state index < -0.39 is 6.67 Å². The molecule has 0 spiro atoms. The van der Waals surface area contributed by atoms with Crippen molar-refractivity contribution in [1.82, 2.24) is 0 Å². The Bertz CT molecular complexity index is 138. The van der Waals surface area contributed by atoms with E-state index in [1.54, 1.807) is 0 Å². The van der Waals surface area contributed by atoms with Crippen molar-refractivity contribution in [2.75, 3.05) is 13.3 Å². The van der Waals surface area contributed by atoms with Gasteiger partial charge < -0.3 is 4.74 Å². The van der Waals surface area contributed by atoms with E-state index in [1.165, 1.54) is 0 Å². The maximum atomic E-state index is 11.6. The van der Waals surface area contributed by atoms with E-state index in [0.717, 1.165) is 6.42 Å². The molecule has 0 aromatic rings. The number of halogens is 1. The zero-order valence-electron chi connectivity index (χ0n) is 8.02. The second-order valence-corrected chi connectivity index (χ2v) is 3.97. The summed E-state index contributed by atoms with van der Waals surface area (Å²) >= 11 is 0. The van der Waals surface area contributed by atoms with Crippen LogP contribution in [0.5, 0.6) is 0 Å². The molecule has 2 nitrogen and oxygen atoms in total. The highest BCUT2D eigenvalue weighted by Gasteiger charge is 2.13. The molecule has 0 aliphatic carbocycles. The fraction of sp³-hybridized carbons (Fsp3) is 0.889. The van der Waals surface area contributed by atoms with Gasteiger partial charge >= 0.3 is 5.97 Å². The van der Waals surface area contributed by atoms with E-state index in [0.29, 0.717) is 6.42 Å². The zero-order chi connectivity index (χ0) is 9.61. The van der Waals surface area contributed by atoms with Gasteiger partial charge in [0.1, 0.15) is 13.3 Å². The number of hydrogen-bond acceptors (Lipinski definition) is 2. The van der Waals surface area contributed by atoms with Crippen LogP contribution in [0, 0.1) is 5.41 Å². The van der Waals surface area contributed by atoms with Crippen LogP contribution in [0.25, 0.3) is 0 Å². The molecule has 3 heteroatoms. The zero-order valence-corrected chi connectivity index (χ0v) is 8.02. The van der Waals surface area contributed by atoms with Crippen LogP contribution in [0.2, 0.25) is 0 Å². The number of esters is 1. The summed E-state index contributed by atoms with van der Waals surface area (Å²) in [5.74, 6) is -0.303. The Morgan fingerprint density at radius 3 is 2.42 bits per heavy atom. The van der Waals surface area contributed by atoms with E-state index in [9.17, 15) is 9.18 Å². The van der Waals surface area contributed by atoms with Crippen molar-refractivity contribution in [2.45, 2.75) is 33.6 Å². The average molecular weight is 176 g/mol. The molecular formula is C9H17FO2. The van der Waals surface area contributed by atoms with Crippen molar-refractivity contribution in [3.8, 4) is 0 Å². The molecule has 0 N–H and O–H groups in total. The molecule has 0 aromatic heterocycles. The van der Waals surface area contributed by atoms with Crippen molar-refractivity contribution in [3.05, 3.63) is 0 Å². The molecule has 0 fully saturated rings. The van der Waals surface area contributed by atoms with Gasteiger partial charge in [-0.15, -0.1) is 0 Å². The summed E-state index contributed by atoms with van der Waals surface area (Å²) < 4.78 is 16.1. The van der Waals surface area contributed by atoms with Gasteiger partial charge in [-0.1, -0.05) is 20.8 Å². The SMILES string of the molecule is CC(C)(C)CCC(=O)OCCF. The van der Waals surface area contributed by atoms with Crippen molar-refractivity contribution < 1.29 is 13.9 Å². The maximum Gasteiger partial charge on any atom is 0.305 e. The predicted molar refractivity (Wildman–Crippen MR) is 45.6 cm³/mol. The van der Waals surface area contributed by atoms with E-state index in [2.05, 4.69) is 25.5 Å². The van der Waals surface area contributed by atoms with Gasteiger partial charge in [0.15, 0.2) is 0 Å². The monoisotopic (exact) mass is 176 g/mol. The van der Waals surface area contributed by atoms with Crippen LogP contribution in [0.1, 0.15) is 33.6 Å². The first-order valence-electron chi connectivity index (χ1n) is 4.17. The Morgan fingerprint density at radius 1 is 1.42 bits per heavy atom. The predicted octanol–water partition coefficient (Wildman–Crippen LogP) is 2.33. The summed E-state index contributed by atoms with van der Waals surface area (Å²) in [6, 6.07) is 0. The van der Waals surface area contributed by atoms with E-state index in [-0.39, 0.29) is 18.0 Å². The Balaban J connectivity index is 3.44. The first-order chi connectivity index (χ1) is 5.45. The topological polar surface area (TPSA) is 26.3 Å². The van der Waals surface area contributed by atoms with Crippen LogP contribution in [-0.4, -0.2) is 19.3 Å². The van der Waals surface area contributed by atoms with Crippen LogP contribution in [0.3, 0.4) is 0 Å². The van der Waals surface area contributed by atoms with Crippen LogP contribution in [-0.2, 0) is 9.53 Å². The molecule has 0 atom stereocenters. The molecule has 12 heavy (non-hydrogen) atoms. The largest absolute Gasteiger partial charge is 0.463 e. The van der Waals surface area contributed by atoms with Crippen LogP contribution >= 0.6 is 0 Å². The minimum absolute atomic E-state index is 0.108. The van der Waals surface area contributed by atoms with E-state index in [4.69, 9.17) is 0 Å². The molecule has 0 amide bonds. The van der Waals surface area contributed by atoms with Gasteiger partial charge in [0, 0.05) is 6.42 Å². The molecule has 0 rings (SSSR count). The molecule has 0 heterocycles. The minimum Gasteiger partial charge on any atom is -0.463 e. The molecule has 0 bridgehead atoms. The normalized spacial score (nSPS) is 11.3. The van der Waals surface area contributed by atoms with Gasteiger partial charge in [0.05, 0.1) is 0 Å². The summed E-state index contributed by atoms with van der Waals surface area (Å²) in [7, 11) is 0. The highest BCUT2D eigenvalue weighted by Crippen LogP contribution is 2.20. The minimum atomic E-state index is -0.596. The summed E-state index contributed by atoms with van der Waals surface area (Å²) in [6.45, 7) is 5.45. The van der Waals surface area contributed by atoms with Gasteiger partial charge in [0.25, 0.3) is 0 Å². The van der Waals surface area contributed by atoms with E-state index in [1.807, 2.05) is 0 Å². The second-order valence-electron chi connectivity index (χ2n) is 3.97. The van der Waals surface area contributed by atoms with Crippen LogP contribution < -0.4 is 0 Å². The van der Waals surface area contributed by atoms with Crippen molar-refractivity contribution in [1.29, 1.82) is 0 Å². The highest BCUT2D eigenvalue weighted by molar-refractivity contribution is 5.69. The summed E-state index contributed by atoms with van der Waals surface area (Å²) in [6.07, 6.45) is 1.15. The molecular weight excluding hydrogens is 159 g/mol. The number of alkyl halides is 1. The van der Waals surface area contributed by atoms with Gasteiger partial charge in [-0.05, 0) is 11.8 Å². The standard InChI is InChI=1S/C9H17FO2/c1-9(2,3)5-4-8(11)12-7-6-10/h4-7H2,1-3H3. The number of ether oxygens (including phenoxy) is 1. The number of carbonyl (C=O) groups is 1. The van der Waals surface area contributed by atoms with Gasteiger partial charge in [-0.25, -0.2) is 4.39 Å². The quantitative estimate of drug-likeness (QED) is 0.614. The van der Waals surface area contributed by atoms with E-state index >= 15 is 0 Å². The first kappa shape index (κ1) is 11.4. The Hall–Kier alpha value is -0.600. The lowest BCUT2D eigenvalue weighted by Crippen LogP contribution is -2.12. The maximum absolute atomic E-state index is 11.6. The third kappa shape index (κ3) is 7.51. The van der Waals surface area contributed by atoms with Crippen LogP contribution in [0.4, 0.5) is 4.39 Å². The Kier molecular flexibility index (Phi) is 4.86. The number of rotatable bonds is 4. The van der Waals surface area contributed by atoms with Crippen molar-refractivity contribution in [3.63, 3.8) is 0 Å². The fourth-order valence-corrected chi connectivity index (χ4v) is 0.702. The third-order valence-corrected chi connectivity index (χ3v) is 1.42. The lowest BCUT2D eigenvalue weighted by atomic mass is 9.91. The molecule has 72 valence electrons. The lowest BCUT2D eigenvalue weighted by Gasteiger charge is -2.16. The number of hydrogen-bond donors (Lipinski definition) is 0. The third-order valence-electron chi connectivity index (χ3n) is 1.42. The van der Waals surface area contributed by atoms with Gasteiger partial charge in [-0.2, -0.15) is 0 Å². The number of carbonyl (C=O) groups excluding carboxylic acids is 1. The van der Waals surface area contributed by atoms with Gasteiger partial charge in [0.2, 0.25) is 0 Å².